The Hall–Kier alpha value is -2.35. The van der Waals surface area contributed by atoms with E-state index in [1.807, 2.05) is 0 Å². The summed E-state index contributed by atoms with van der Waals surface area (Å²) in [5, 5.41) is 0. The quantitative estimate of drug-likeness (QED) is 0.0352. The first-order valence-electron chi connectivity index (χ1n) is 15.1. The molecule has 0 heterocycles. The molecule has 226 valence electrons. The molecule has 8 nitrogen and oxygen atoms in total. The molecule has 0 saturated heterocycles. The molecule has 1 atom stereocenters. The van der Waals surface area contributed by atoms with Crippen molar-refractivity contribution in [3.63, 3.8) is 0 Å². The third-order valence-corrected chi connectivity index (χ3v) is 6.38. The first kappa shape index (κ1) is 36.6. The van der Waals surface area contributed by atoms with Crippen molar-refractivity contribution in [3.05, 3.63) is 24.3 Å². The maximum Gasteiger partial charge on any atom is 0.508 e. The lowest BCUT2D eigenvalue weighted by molar-refractivity contribution is -0.146. The molecular weight excluding hydrogens is 498 g/mol. The van der Waals surface area contributed by atoms with Gasteiger partial charge in [-0.15, -0.1) is 0 Å². The van der Waals surface area contributed by atoms with Crippen molar-refractivity contribution in [2.45, 2.75) is 104 Å². The van der Waals surface area contributed by atoms with Gasteiger partial charge >= 0.3 is 12.1 Å². The molecule has 0 radical (unpaired) electrons. The lowest BCUT2D eigenvalue weighted by Gasteiger charge is -2.18. The van der Waals surface area contributed by atoms with Crippen LogP contribution in [-0.4, -0.2) is 69.6 Å². The Morgan fingerprint density at radius 1 is 0.718 bits per heavy atom. The summed E-state index contributed by atoms with van der Waals surface area (Å²) < 4.78 is 20.3. The number of rotatable bonds is 27. The summed E-state index contributed by atoms with van der Waals surface area (Å²) >= 11 is 0. The van der Waals surface area contributed by atoms with E-state index in [4.69, 9.17) is 18.9 Å². The molecule has 0 fully saturated rings. The van der Waals surface area contributed by atoms with E-state index in [0.29, 0.717) is 12.9 Å². The number of carbonyl (C=O) groups is 3. The molecule has 0 aliphatic carbocycles. The Kier molecular flexibility index (Phi) is 26.9. The summed E-state index contributed by atoms with van der Waals surface area (Å²) in [6.45, 7) is 9.70. The summed E-state index contributed by atoms with van der Waals surface area (Å²) in [4.78, 5) is 36.7. The molecular formula is C31H55NO7. The van der Waals surface area contributed by atoms with Crippen LogP contribution in [0.1, 0.15) is 104 Å². The number of nitrogens with zero attached hydrogens (tertiary/aromatic N) is 1. The molecule has 0 bridgehead atoms. The minimum absolute atomic E-state index is 0.00425. The van der Waals surface area contributed by atoms with E-state index >= 15 is 0 Å². The number of esters is 1. The molecule has 0 amide bonds. The molecule has 0 rings (SSSR count). The second-order valence-corrected chi connectivity index (χ2v) is 9.75. The van der Waals surface area contributed by atoms with E-state index in [1.165, 1.54) is 25.7 Å². The molecule has 0 aromatic carbocycles. The maximum absolute atomic E-state index is 12.1. The number of carbonyl (C=O) groups excluding carboxylic acids is 3. The second kappa shape index (κ2) is 28.7. The molecule has 1 unspecified atom stereocenters. The van der Waals surface area contributed by atoms with Gasteiger partial charge in [0.05, 0.1) is 12.5 Å². The van der Waals surface area contributed by atoms with Gasteiger partial charge < -0.3 is 23.8 Å². The van der Waals surface area contributed by atoms with Gasteiger partial charge in [0, 0.05) is 13.0 Å². The fourth-order valence-corrected chi connectivity index (χ4v) is 3.89. The smallest absolute Gasteiger partial charge is 0.467 e. The molecule has 8 heteroatoms. The largest absolute Gasteiger partial charge is 0.508 e. The summed E-state index contributed by atoms with van der Waals surface area (Å²) in [6.07, 6.45) is 21.7. The van der Waals surface area contributed by atoms with Crippen molar-refractivity contribution in [2.75, 3.05) is 46.1 Å². The van der Waals surface area contributed by atoms with Crippen LogP contribution in [0.3, 0.4) is 0 Å². The van der Waals surface area contributed by atoms with Crippen LogP contribution < -0.4 is 0 Å². The molecule has 0 aliphatic rings. The van der Waals surface area contributed by atoms with Crippen LogP contribution in [0.4, 0.5) is 4.79 Å². The summed E-state index contributed by atoms with van der Waals surface area (Å²) in [5.74, 6) is -0.734. The molecule has 0 aromatic heterocycles. The zero-order valence-electron chi connectivity index (χ0n) is 24.9. The highest BCUT2D eigenvalue weighted by Crippen LogP contribution is 2.10. The highest BCUT2D eigenvalue weighted by Gasteiger charge is 2.16. The fraction of sp³-hybridized carbons (Fsp3) is 0.774. The summed E-state index contributed by atoms with van der Waals surface area (Å²) in [5.41, 5.74) is 0. The zero-order valence-corrected chi connectivity index (χ0v) is 24.9. The molecule has 0 saturated carbocycles. The van der Waals surface area contributed by atoms with Crippen LogP contribution in [-0.2, 0) is 28.5 Å². The number of allylic oxidation sites excluding steroid dienone is 4. The van der Waals surface area contributed by atoms with Crippen LogP contribution in [0.2, 0.25) is 0 Å². The lowest BCUT2D eigenvalue weighted by Crippen LogP contribution is -2.26. The van der Waals surface area contributed by atoms with Gasteiger partial charge in [0.15, 0.2) is 0 Å². The zero-order chi connectivity index (χ0) is 28.8. The SMILES string of the molecule is CCCCC/C=C\C/C=C\CCCCCCCC(=O)OCC(COC=O)COC(=O)OCCCN(CC)CC. The van der Waals surface area contributed by atoms with Crippen LogP contribution in [0, 0.1) is 5.92 Å². The van der Waals surface area contributed by atoms with Crippen molar-refractivity contribution < 1.29 is 33.3 Å². The van der Waals surface area contributed by atoms with Crippen molar-refractivity contribution in [1.82, 2.24) is 4.90 Å². The first-order valence-corrected chi connectivity index (χ1v) is 15.1. The minimum atomic E-state index is -0.776. The topological polar surface area (TPSA) is 91.4 Å². The Morgan fingerprint density at radius 2 is 1.36 bits per heavy atom. The van der Waals surface area contributed by atoms with Crippen LogP contribution >= 0.6 is 0 Å². The Bertz CT molecular complexity index is 647. The fourth-order valence-electron chi connectivity index (χ4n) is 3.89. The number of ether oxygens (including phenoxy) is 4. The standard InChI is InChI=1S/C31H55NO7/c1-4-7-8-9-10-11-12-13-14-15-16-17-18-19-20-22-30(34)38-26-29(25-36-28-33)27-39-31(35)37-24-21-23-32(5-2)6-3/h10-11,13-14,28-29H,4-9,12,15-27H2,1-3H3/b11-10-,14-13-. The highest BCUT2D eigenvalue weighted by molar-refractivity contribution is 5.69. The van der Waals surface area contributed by atoms with E-state index in [-0.39, 0.29) is 32.4 Å². The van der Waals surface area contributed by atoms with Gasteiger partial charge in [-0.05, 0) is 58.0 Å². The Balaban J connectivity index is 3.87. The Labute approximate surface area is 237 Å². The van der Waals surface area contributed by atoms with Crippen LogP contribution in [0.25, 0.3) is 0 Å². The van der Waals surface area contributed by atoms with E-state index in [2.05, 4.69) is 50.0 Å². The molecule has 39 heavy (non-hydrogen) atoms. The van der Waals surface area contributed by atoms with Gasteiger partial charge in [0.2, 0.25) is 0 Å². The lowest BCUT2D eigenvalue weighted by atomic mass is 10.1. The third kappa shape index (κ3) is 25.7. The molecule has 0 aromatic rings. The molecule has 0 N–H and O–H groups in total. The van der Waals surface area contributed by atoms with Crippen molar-refractivity contribution >= 4 is 18.6 Å². The number of hydrogen-bond acceptors (Lipinski definition) is 8. The number of unbranched alkanes of at least 4 members (excludes halogenated alkanes) is 8. The highest BCUT2D eigenvalue weighted by atomic mass is 16.7. The van der Waals surface area contributed by atoms with Gasteiger partial charge in [-0.25, -0.2) is 4.79 Å². The van der Waals surface area contributed by atoms with Crippen LogP contribution in [0.5, 0.6) is 0 Å². The van der Waals surface area contributed by atoms with Gasteiger partial charge in [0.25, 0.3) is 6.47 Å². The van der Waals surface area contributed by atoms with E-state index in [1.54, 1.807) is 0 Å². The number of hydrogen-bond donors (Lipinski definition) is 0. The predicted octanol–water partition coefficient (Wildman–Crippen LogP) is 7.02. The minimum Gasteiger partial charge on any atom is -0.467 e. The molecule has 0 aliphatic heterocycles. The van der Waals surface area contributed by atoms with Gasteiger partial charge in [-0.2, -0.15) is 0 Å². The van der Waals surface area contributed by atoms with E-state index < -0.39 is 12.1 Å². The van der Waals surface area contributed by atoms with Gasteiger partial charge in [0.1, 0.15) is 19.8 Å². The van der Waals surface area contributed by atoms with Gasteiger partial charge in [-0.3, -0.25) is 9.59 Å². The second-order valence-electron chi connectivity index (χ2n) is 9.75. The Morgan fingerprint density at radius 3 is 2.03 bits per heavy atom. The molecule has 0 spiro atoms. The average molecular weight is 554 g/mol. The predicted molar refractivity (Wildman–Crippen MR) is 156 cm³/mol. The van der Waals surface area contributed by atoms with Gasteiger partial charge in [-0.1, -0.05) is 77.2 Å². The monoisotopic (exact) mass is 553 g/mol. The average Bonchev–Trinajstić information content (AvgIpc) is 2.94. The first-order chi connectivity index (χ1) is 19.1. The van der Waals surface area contributed by atoms with Crippen molar-refractivity contribution in [1.29, 1.82) is 0 Å². The van der Waals surface area contributed by atoms with Crippen LogP contribution in [0.15, 0.2) is 24.3 Å². The van der Waals surface area contributed by atoms with E-state index in [9.17, 15) is 14.4 Å². The summed E-state index contributed by atoms with van der Waals surface area (Å²) in [7, 11) is 0. The van der Waals surface area contributed by atoms with Crippen molar-refractivity contribution in [2.24, 2.45) is 5.92 Å². The normalized spacial score (nSPS) is 12.2. The van der Waals surface area contributed by atoms with Crippen molar-refractivity contribution in [3.8, 4) is 0 Å². The third-order valence-electron chi connectivity index (χ3n) is 6.38. The van der Waals surface area contributed by atoms with E-state index in [0.717, 1.165) is 71.0 Å². The summed E-state index contributed by atoms with van der Waals surface area (Å²) in [6, 6.07) is 0. The maximum atomic E-state index is 12.1.